The van der Waals surface area contributed by atoms with E-state index in [9.17, 15) is 8.42 Å². The average Bonchev–Trinajstić information content (AvgIpc) is 2.86. The van der Waals surface area contributed by atoms with Crippen molar-refractivity contribution in [3.05, 3.63) is 46.3 Å². The van der Waals surface area contributed by atoms with Crippen LogP contribution >= 0.6 is 15.9 Å². The van der Waals surface area contributed by atoms with Crippen LogP contribution in [-0.2, 0) is 16.6 Å². The smallest absolute Gasteiger partial charge is 0.243 e. The van der Waals surface area contributed by atoms with Gasteiger partial charge in [-0.25, -0.2) is 8.42 Å². The lowest BCUT2D eigenvalue weighted by Crippen LogP contribution is -2.27. The highest BCUT2D eigenvalue weighted by Gasteiger charge is 2.25. The summed E-state index contributed by atoms with van der Waals surface area (Å²) in [5, 5.41) is 0. The van der Waals surface area contributed by atoms with Gasteiger partial charge in [0, 0.05) is 17.2 Å². The van der Waals surface area contributed by atoms with Crippen LogP contribution in [0.1, 0.15) is 11.3 Å². The van der Waals surface area contributed by atoms with Gasteiger partial charge in [0.2, 0.25) is 10.0 Å². The Morgan fingerprint density at radius 3 is 2.70 bits per heavy atom. The summed E-state index contributed by atoms with van der Waals surface area (Å²) >= 11 is 3.27. The molecule has 0 fully saturated rings. The van der Waals surface area contributed by atoms with Gasteiger partial charge in [-0.1, -0.05) is 15.9 Å². The lowest BCUT2D eigenvalue weighted by molar-refractivity contribution is 0.406. The number of hydrogen-bond donors (Lipinski definition) is 1. The summed E-state index contributed by atoms with van der Waals surface area (Å²) in [5.74, 6) is 0.580. The van der Waals surface area contributed by atoms with Crippen LogP contribution in [-0.4, -0.2) is 19.8 Å². The molecule has 0 saturated heterocycles. The van der Waals surface area contributed by atoms with Crippen LogP contribution in [0.5, 0.6) is 0 Å². The van der Waals surface area contributed by atoms with Crippen molar-refractivity contribution in [2.75, 3.05) is 12.8 Å². The Balaban J connectivity index is 2.40. The molecule has 5 nitrogen and oxygen atoms in total. The van der Waals surface area contributed by atoms with E-state index in [-0.39, 0.29) is 11.4 Å². The van der Waals surface area contributed by atoms with Crippen molar-refractivity contribution in [2.45, 2.75) is 18.4 Å². The Morgan fingerprint density at radius 1 is 1.40 bits per heavy atom. The molecule has 0 aliphatic carbocycles. The summed E-state index contributed by atoms with van der Waals surface area (Å²) in [7, 11) is -2.12. The monoisotopic (exact) mass is 358 g/mol. The highest BCUT2D eigenvalue weighted by molar-refractivity contribution is 9.10. The highest BCUT2D eigenvalue weighted by Crippen LogP contribution is 2.28. The second-order valence-electron chi connectivity index (χ2n) is 4.46. The summed E-state index contributed by atoms with van der Waals surface area (Å²) in [6.07, 6.45) is 1.51. The Kier molecular flexibility index (Phi) is 4.22. The van der Waals surface area contributed by atoms with Crippen molar-refractivity contribution >= 4 is 31.6 Å². The van der Waals surface area contributed by atoms with Crippen molar-refractivity contribution in [1.29, 1.82) is 0 Å². The molecule has 0 unspecified atom stereocenters. The van der Waals surface area contributed by atoms with Gasteiger partial charge in [-0.05, 0) is 36.8 Å². The average molecular weight is 359 g/mol. The van der Waals surface area contributed by atoms with E-state index in [1.165, 1.54) is 17.6 Å². The standard InChI is InChI=1S/C13H15BrN2O3S/c1-9-12(15)6-10(14)7-13(9)20(17,18)16(2)8-11-4-3-5-19-11/h3-7H,8,15H2,1-2H3. The number of halogens is 1. The minimum Gasteiger partial charge on any atom is -0.468 e. The van der Waals surface area contributed by atoms with Gasteiger partial charge >= 0.3 is 0 Å². The van der Waals surface area contributed by atoms with E-state index in [1.54, 1.807) is 31.2 Å². The molecule has 7 heteroatoms. The summed E-state index contributed by atoms with van der Waals surface area (Å²) in [6.45, 7) is 1.86. The van der Waals surface area contributed by atoms with E-state index in [1.807, 2.05) is 0 Å². The molecule has 108 valence electrons. The predicted octanol–water partition coefficient (Wildman–Crippen LogP) is 2.75. The molecule has 20 heavy (non-hydrogen) atoms. The van der Waals surface area contributed by atoms with Crippen LogP contribution < -0.4 is 5.73 Å². The fourth-order valence-electron chi connectivity index (χ4n) is 1.82. The first-order chi connectivity index (χ1) is 9.32. The van der Waals surface area contributed by atoms with Gasteiger partial charge in [-0.3, -0.25) is 0 Å². The molecule has 0 aliphatic rings. The maximum Gasteiger partial charge on any atom is 0.243 e. The molecule has 1 aromatic carbocycles. The van der Waals surface area contributed by atoms with E-state index in [0.29, 0.717) is 21.5 Å². The Morgan fingerprint density at radius 2 is 2.10 bits per heavy atom. The number of hydrogen-bond acceptors (Lipinski definition) is 4. The molecule has 0 radical (unpaired) electrons. The van der Waals surface area contributed by atoms with Crippen molar-refractivity contribution < 1.29 is 12.8 Å². The molecule has 2 rings (SSSR count). The van der Waals surface area contributed by atoms with Crippen LogP contribution in [0.25, 0.3) is 0 Å². The van der Waals surface area contributed by atoms with Gasteiger partial charge in [-0.2, -0.15) is 4.31 Å². The first kappa shape index (κ1) is 15.1. The van der Waals surface area contributed by atoms with E-state index >= 15 is 0 Å². The zero-order chi connectivity index (χ0) is 14.9. The van der Waals surface area contributed by atoms with Gasteiger partial charge in [0.1, 0.15) is 5.76 Å². The van der Waals surface area contributed by atoms with Gasteiger partial charge in [0.15, 0.2) is 0 Å². The minimum atomic E-state index is -3.63. The second-order valence-corrected chi connectivity index (χ2v) is 7.39. The first-order valence-electron chi connectivity index (χ1n) is 5.86. The van der Waals surface area contributed by atoms with Crippen LogP contribution in [0.3, 0.4) is 0 Å². The molecule has 0 amide bonds. The second kappa shape index (κ2) is 5.59. The SMILES string of the molecule is Cc1c(N)cc(Br)cc1S(=O)(=O)N(C)Cc1ccco1. The van der Waals surface area contributed by atoms with Crippen molar-refractivity contribution in [3.63, 3.8) is 0 Å². The molecule has 0 atom stereocenters. The molecule has 1 heterocycles. The number of nitrogens with zero attached hydrogens (tertiary/aromatic N) is 1. The van der Waals surface area contributed by atoms with Crippen molar-refractivity contribution in [2.24, 2.45) is 0 Å². The van der Waals surface area contributed by atoms with E-state index in [2.05, 4.69) is 15.9 Å². The Labute approximate surface area is 126 Å². The fraction of sp³-hybridized carbons (Fsp3) is 0.231. The van der Waals surface area contributed by atoms with E-state index in [0.717, 1.165) is 0 Å². The van der Waals surface area contributed by atoms with Gasteiger partial charge in [0.05, 0.1) is 17.7 Å². The molecule has 2 N–H and O–H groups in total. The molecule has 0 saturated carbocycles. The van der Waals surface area contributed by atoms with Crippen LogP contribution in [0.4, 0.5) is 5.69 Å². The minimum absolute atomic E-state index is 0.168. The van der Waals surface area contributed by atoms with Crippen molar-refractivity contribution in [1.82, 2.24) is 4.31 Å². The van der Waals surface area contributed by atoms with Gasteiger partial charge < -0.3 is 10.2 Å². The fourth-order valence-corrected chi connectivity index (χ4v) is 3.86. The largest absolute Gasteiger partial charge is 0.468 e. The number of nitrogens with two attached hydrogens (primary N) is 1. The number of nitrogen functional groups attached to an aromatic ring is 1. The lowest BCUT2D eigenvalue weighted by Gasteiger charge is -2.18. The van der Waals surface area contributed by atoms with Gasteiger partial charge in [-0.15, -0.1) is 0 Å². The number of benzene rings is 1. The third-order valence-electron chi connectivity index (χ3n) is 3.01. The maximum absolute atomic E-state index is 12.6. The number of rotatable bonds is 4. The number of sulfonamides is 1. The molecule has 2 aromatic rings. The lowest BCUT2D eigenvalue weighted by atomic mass is 10.2. The third-order valence-corrected chi connectivity index (χ3v) is 5.40. The number of anilines is 1. The molecule has 1 aromatic heterocycles. The molecular formula is C13H15BrN2O3S. The summed E-state index contributed by atoms with van der Waals surface area (Å²) in [4.78, 5) is 0.193. The first-order valence-corrected chi connectivity index (χ1v) is 8.10. The van der Waals surface area contributed by atoms with Crippen LogP contribution in [0.15, 0.2) is 44.3 Å². The highest BCUT2D eigenvalue weighted by atomic mass is 79.9. The van der Waals surface area contributed by atoms with Crippen LogP contribution in [0, 0.1) is 6.92 Å². The van der Waals surface area contributed by atoms with Gasteiger partial charge in [0.25, 0.3) is 0 Å². The van der Waals surface area contributed by atoms with E-state index < -0.39 is 10.0 Å². The Hall–Kier alpha value is -1.31. The summed E-state index contributed by atoms with van der Waals surface area (Å²) < 4.78 is 32.2. The normalized spacial score (nSPS) is 12.0. The Bertz CT molecular complexity index is 711. The topological polar surface area (TPSA) is 76.5 Å². The maximum atomic E-state index is 12.6. The third kappa shape index (κ3) is 2.89. The van der Waals surface area contributed by atoms with Crippen molar-refractivity contribution in [3.8, 4) is 0 Å². The summed E-state index contributed by atoms with van der Waals surface area (Å²) in [5.41, 5.74) is 6.80. The number of furan rings is 1. The molecule has 0 aliphatic heterocycles. The molecular weight excluding hydrogens is 344 g/mol. The zero-order valence-electron chi connectivity index (χ0n) is 11.1. The zero-order valence-corrected chi connectivity index (χ0v) is 13.5. The van der Waals surface area contributed by atoms with Crippen LogP contribution in [0.2, 0.25) is 0 Å². The molecule has 0 spiro atoms. The van der Waals surface area contributed by atoms with E-state index in [4.69, 9.17) is 10.2 Å². The molecule has 0 bridgehead atoms. The predicted molar refractivity (Wildman–Crippen MR) is 80.7 cm³/mol. The quantitative estimate of drug-likeness (QED) is 0.852. The summed E-state index contributed by atoms with van der Waals surface area (Å²) in [6, 6.07) is 6.69.